The fourth-order valence-electron chi connectivity index (χ4n) is 3.66. The maximum atomic E-state index is 12.8. The third kappa shape index (κ3) is 3.27. The zero-order valence-corrected chi connectivity index (χ0v) is 15.1. The van der Waals surface area contributed by atoms with Crippen molar-refractivity contribution in [2.45, 2.75) is 12.3 Å². The van der Waals surface area contributed by atoms with E-state index in [0.29, 0.717) is 31.1 Å². The Balaban J connectivity index is 1.44. The molecule has 2 aliphatic rings. The summed E-state index contributed by atoms with van der Waals surface area (Å²) in [6.45, 7) is 2.75. The molecule has 0 spiro atoms. The van der Waals surface area contributed by atoms with Gasteiger partial charge in [0.05, 0.1) is 0 Å². The number of nitrogens with one attached hydrogen (secondary N) is 1. The minimum Gasteiger partial charge on any atom is -0.338 e. The van der Waals surface area contributed by atoms with Crippen LogP contribution in [0.1, 0.15) is 28.3 Å². The summed E-state index contributed by atoms with van der Waals surface area (Å²) in [5.74, 6) is 0.358. The van der Waals surface area contributed by atoms with E-state index in [9.17, 15) is 9.59 Å². The smallest absolute Gasteiger partial charge is 0.321 e. The third-order valence-corrected chi connectivity index (χ3v) is 5.31. The van der Waals surface area contributed by atoms with Crippen molar-refractivity contribution in [2.75, 3.05) is 31.1 Å². The Morgan fingerprint density at radius 2 is 1.92 bits per heavy atom. The Morgan fingerprint density at radius 1 is 1.12 bits per heavy atom. The van der Waals surface area contributed by atoms with Gasteiger partial charge >= 0.3 is 6.03 Å². The zero-order chi connectivity index (χ0) is 18.1. The minimum absolute atomic E-state index is 0.0342. The number of hydrogen-bond donors (Lipinski definition) is 1. The van der Waals surface area contributed by atoms with E-state index < -0.39 is 0 Å². The standard InChI is InChI=1S/C20H20ClN3O2/c21-17-3-1-2-15(12-17)16-8-10-23(13-16)19(25)14-4-6-18(7-5-14)24-11-9-22-20(24)26/h1-7,12,16H,8-11,13H2,(H,22,26). The van der Waals surface area contributed by atoms with E-state index >= 15 is 0 Å². The SMILES string of the molecule is O=C(c1ccc(N2CCNC2=O)cc1)N1CCC(c2cccc(Cl)c2)C1. The molecule has 0 aromatic heterocycles. The Hall–Kier alpha value is -2.53. The van der Waals surface area contributed by atoms with Crippen LogP contribution in [0.5, 0.6) is 0 Å². The highest BCUT2D eigenvalue weighted by atomic mass is 35.5. The molecule has 0 bridgehead atoms. The van der Waals surface area contributed by atoms with Gasteiger partial charge in [0.25, 0.3) is 5.91 Å². The first-order chi connectivity index (χ1) is 12.6. The fourth-order valence-corrected chi connectivity index (χ4v) is 3.86. The molecule has 2 heterocycles. The van der Waals surface area contributed by atoms with Crippen molar-refractivity contribution in [3.05, 3.63) is 64.7 Å². The number of halogens is 1. The number of carbonyl (C=O) groups excluding carboxylic acids is 2. The summed E-state index contributed by atoms with van der Waals surface area (Å²) in [5.41, 5.74) is 2.65. The van der Waals surface area contributed by atoms with Gasteiger partial charge in [-0.15, -0.1) is 0 Å². The summed E-state index contributed by atoms with van der Waals surface area (Å²) in [4.78, 5) is 28.1. The highest BCUT2D eigenvalue weighted by Crippen LogP contribution is 2.30. The Bertz CT molecular complexity index is 837. The molecule has 2 aliphatic heterocycles. The highest BCUT2D eigenvalue weighted by Gasteiger charge is 2.28. The number of rotatable bonds is 3. The van der Waals surface area contributed by atoms with Gasteiger partial charge in [0.15, 0.2) is 0 Å². The molecule has 1 N–H and O–H groups in total. The van der Waals surface area contributed by atoms with Crippen molar-refractivity contribution in [1.82, 2.24) is 10.2 Å². The van der Waals surface area contributed by atoms with E-state index in [1.807, 2.05) is 35.2 Å². The monoisotopic (exact) mass is 369 g/mol. The van der Waals surface area contributed by atoms with Gasteiger partial charge in [-0.3, -0.25) is 9.69 Å². The molecule has 134 valence electrons. The predicted molar refractivity (Wildman–Crippen MR) is 102 cm³/mol. The summed E-state index contributed by atoms with van der Waals surface area (Å²) in [5, 5.41) is 3.51. The first kappa shape index (κ1) is 16.9. The molecule has 6 heteroatoms. The lowest BCUT2D eigenvalue weighted by Gasteiger charge is -2.18. The number of likely N-dealkylation sites (tertiary alicyclic amines) is 1. The van der Waals surface area contributed by atoms with E-state index in [4.69, 9.17) is 11.6 Å². The van der Waals surface area contributed by atoms with Gasteiger partial charge in [-0.25, -0.2) is 4.79 Å². The lowest BCUT2D eigenvalue weighted by molar-refractivity contribution is 0.0791. The fraction of sp³-hybridized carbons (Fsp3) is 0.300. The highest BCUT2D eigenvalue weighted by molar-refractivity contribution is 6.30. The summed E-state index contributed by atoms with van der Waals surface area (Å²) in [6, 6.07) is 15.1. The second-order valence-electron chi connectivity index (χ2n) is 6.72. The molecule has 4 rings (SSSR count). The maximum absolute atomic E-state index is 12.8. The molecule has 2 fully saturated rings. The Morgan fingerprint density at radius 3 is 2.62 bits per heavy atom. The largest absolute Gasteiger partial charge is 0.338 e. The molecule has 1 atom stereocenters. The van der Waals surface area contributed by atoms with Crippen molar-refractivity contribution < 1.29 is 9.59 Å². The molecule has 0 saturated carbocycles. The number of amides is 3. The average Bonchev–Trinajstić information content (AvgIpc) is 3.30. The Labute approximate surface area is 157 Å². The second-order valence-corrected chi connectivity index (χ2v) is 7.16. The van der Waals surface area contributed by atoms with Crippen LogP contribution in [0, 0.1) is 0 Å². The molecule has 0 aliphatic carbocycles. The molecule has 0 radical (unpaired) electrons. The summed E-state index contributed by atoms with van der Waals surface area (Å²) < 4.78 is 0. The van der Waals surface area contributed by atoms with Crippen LogP contribution in [0.4, 0.5) is 10.5 Å². The molecular weight excluding hydrogens is 350 g/mol. The minimum atomic E-state index is -0.0898. The summed E-state index contributed by atoms with van der Waals surface area (Å²) in [7, 11) is 0. The summed E-state index contributed by atoms with van der Waals surface area (Å²) in [6.07, 6.45) is 0.943. The normalized spacial score (nSPS) is 19.7. The molecule has 2 aromatic carbocycles. The van der Waals surface area contributed by atoms with Crippen molar-refractivity contribution >= 4 is 29.2 Å². The number of benzene rings is 2. The number of anilines is 1. The number of hydrogen-bond acceptors (Lipinski definition) is 2. The predicted octanol–water partition coefficient (Wildman–Crippen LogP) is 3.50. The van der Waals surface area contributed by atoms with Gasteiger partial charge in [0.1, 0.15) is 0 Å². The number of urea groups is 1. The molecule has 2 aromatic rings. The molecule has 5 nitrogen and oxygen atoms in total. The van der Waals surface area contributed by atoms with Crippen LogP contribution in [0.2, 0.25) is 5.02 Å². The average molecular weight is 370 g/mol. The van der Waals surface area contributed by atoms with Gasteiger partial charge in [0, 0.05) is 48.4 Å². The van der Waals surface area contributed by atoms with Gasteiger partial charge in [0.2, 0.25) is 0 Å². The van der Waals surface area contributed by atoms with Crippen LogP contribution < -0.4 is 10.2 Å². The van der Waals surface area contributed by atoms with Crippen molar-refractivity contribution in [3.63, 3.8) is 0 Å². The first-order valence-electron chi connectivity index (χ1n) is 8.82. The Kier molecular flexibility index (Phi) is 4.55. The van der Waals surface area contributed by atoms with Gasteiger partial charge in [-0.05, 0) is 48.4 Å². The molecule has 3 amide bonds. The van der Waals surface area contributed by atoms with E-state index in [1.165, 1.54) is 5.56 Å². The molecular formula is C20H20ClN3O2. The van der Waals surface area contributed by atoms with Gasteiger partial charge in [-0.1, -0.05) is 23.7 Å². The first-order valence-corrected chi connectivity index (χ1v) is 9.20. The van der Waals surface area contributed by atoms with Crippen molar-refractivity contribution in [2.24, 2.45) is 0 Å². The van der Waals surface area contributed by atoms with Gasteiger partial charge in [-0.2, -0.15) is 0 Å². The van der Waals surface area contributed by atoms with Crippen LogP contribution in [-0.4, -0.2) is 43.0 Å². The quantitative estimate of drug-likeness (QED) is 0.900. The lowest BCUT2D eigenvalue weighted by Crippen LogP contribution is -2.29. The zero-order valence-electron chi connectivity index (χ0n) is 14.3. The van der Waals surface area contributed by atoms with Crippen LogP contribution in [-0.2, 0) is 0 Å². The van der Waals surface area contributed by atoms with Crippen molar-refractivity contribution in [3.8, 4) is 0 Å². The third-order valence-electron chi connectivity index (χ3n) is 5.08. The van der Waals surface area contributed by atoms with E-state index in [2.05, 4.69) is 11.4 Å². The molecule has 2 saturated heterocycles. The maximum Gasteiger partial charge on any atom is 0.321 e. The second kappa shape index (κ2) is 7.00. The summed E-state index contributed by atoms with van der Waals surface area (Å²) >= 11 is 6.08. The lowest BCUT2D eigenvalue weighted by atomic mass is 9.99. The molecule has 1 unspecified atom stereocenters. The number of carbonyl (C=O) groups is 2. The number of nitrogens with zero attached hydrogens (tertiary/aromatic N) is 2. The van der Waals surface area contributed by atoms with Crippen LogP contribution in [0.15, 0.2) is 48.5 Å². The van der Waals surface area contributed by atoms with E-state index in [0.717, 1.165) is 23.7 Å². The van der Waals surface area contributed by atoms with Crippen LogP contribution in [0.25, 0.3) is 0 Å². The van der Waals surface area contributed by atoms with Crippen molar-refractivity contribution in [1.29, 1.82) is 0 Å². The van der Waals surface area contributed by atoms with Crippen LogP contribution >= 0.6 is 11.6 Å². The van der Waals surface area contributed by atoms with E-state index in [-0.39, 0.29) is 11.9 Å². The molecule has 26 heavy (non-hydrogen) atoms. The van der Waals surface area contributed by atoms with Crippen LogP contribution in [0.3, 0.4) is 0 Å². The topological polar surface area (TPSA) is 52.7 Å². The van der Waals surface area contributed by atoms with E-state index in [1.54, 1.807) is 17.0 Å². The van der Waals surface area contributed by atoms with Gasteiger partial charge < -0.3 is 10.2 Å².